The van der Waals surface area contributed by atoms with E-state index in [4.69, 9.17) is 10.2 Å². The Morgan fingerprint density at radius 1 is 1.43 bits per heavy atom. The molecule has 0 radical (unpaired) electrons. The van der Waals surface area contributed by atoms with Gasteiger partial charge in [0.05, 0.1) is 6.26 Å². The van der Waals surface area contributed by atoms with Crippen LogP contribution in [0, 0.1) is 0 Å². The van der Waals surface area contributed by atoms with Crippen molar-refractivity contribution in [3.63, 3.8) is 0 Å². The first kappa shape index (κ1) is 8.74. The van der Waals surface area contributed by atoms with Crippen molar-refractivity contribution in [1.82, 2.24) is 9.97 Å². The lowest BCUT2D eigenvalue weighted by Gasteiger charge is -2.01. The fourth-order valence-corrected chi connectivity index (χ4v) is 1.22. The van der Waals surface area contributed by atoms with Crippen molar-refractivity contribution in [3.05, 3.63) is 30.2 Å². The fourth-order valence-electron chi connectivity index (χ4n) is 1.22. The number of nitrogens with two attached hydrogens (primary N) is 1. The molecule has 0 fully saturated rings. The standard InChI is InChI=1S/C10H11N3O/c1-2-7-6-9(11)13-10(12-7)8-4-3-5-14-8/h3-6H,2H2,1H3,(H2,11,12,13). The second-order valence-electron chi connectivity index (χ2n) is 2.94. The van der Waals surface area contributed by atoms with Crippen LogP contribution in [-0.2, 0) is 6.42 Å². The van der Waals surface area contributed by atoms with E-state index < -0.39 is 0 Å². The third kappa shape index (κ3) is 1.59. The first-order chi connectivity index (χ1) is 6.79. The quantitative estimate of drug-likeness (QED) is 0.783. The zero-order valence-electron chi connectivity index (χ0n) is 7.90. The lowest BCUT2D eigenvalue weighted by molar-refractivity contribution is 0.577. The Morgan fingerprint density at radius 3 is 2.93 bits per heavy atom. The van der Waals surface area contributed by atoms with E-state index in [2.05, 4.69) is 9.97 Å². The van der Waals surface area contributed by atoms with Crippen molar-refractivity contribution in [2.24, 2.45) is 0 Å². The number of nitrogens with zero attached hydrogens (tertiary/aromatic N) is 2. The van der Waals surface area contributed by atoms with Gasteiger partial charge in [-0.2, -0.15) is 0 Å². The summed E-state index contributed by atoms with van der Waals surface area (Å²) < 4.78 is 5.19. The van der Waals surface area contributed by atoms with E-state index in [1.807, 2.05) is 13.0 Å². The third-order valence-corrected chi connectivity index (χ3v) is 1.90. The molecule has 0 aliphatic rings. The highest BCUT2D eigenvalue weighted by Gasteiger charge is 2.06. The van der Waals surface area contributed by atoms with Gasteiger partial charge in [-0.05, 0) is 18.6 Å². The molecule has 14 heavy (non-hydrogen) atoms. The van der Waals surface area contributed by atoms with Gasteiger partial charge in [0, 0.05) is 11.8 Å². The maximum atomic E-state index is 5.65. The molecule has 0 unspecified atom stereocenters. The number of hydrogen-bond donors (Lipinski definition) is 1. The van der Waals surface area contributed by atoms with Crippen molar-refractivity contribution in [2.75, 3.05) is 5.73 Å². The number of furan rings is 1. The van der Waals surface area contributed by atoms with E-state index in [0.717, 1.165) is 12.1 Å². The Hall–Kier alpha value is -1.84. The first-order valence-electron chi connectivity index (χ1n) is 4.47. The first-order valence-corrected chi connectivity index (χ1v) is 4.47. The molecule has 2 rings (SSSR count). The van der Waals surface area contributed by atoms with Crippen LogP contribution < -0.4 is 5.73 Å². The summed E-state index contributed by atoms with van der Waals surface area (Å²) in [5.74, 6) is 1.67. The van der Waals surface area contributed by atoms with Crippen LogP contribution in [0.25, 0.3) is 11.6 Å². The molecule has 0 aliphatic carbocycles. The number of hydrogen-bond acceptors (Lipinski definition) is 4. The Balaban J connectivity index is 2.48. The number of anilines is 1. The van der Waals surface area contributed by atoms with Gasteiger partial charge in [-0.3, -0.25) is 0 Å². The van der Waals surface area contributed by atoms with Gasteiger partial charge in [0.1, 0.15) is 5.82 Å². The minimum absolute atomic E-state index is 0.475. The molecule has 0 saturated carbocycles. The van der Waals surface area contributed by atoms with Crippen molar-refractivity contribution >= 4 is 5.82 Å². The van der Waals surface area contributed by atoms with Crippen LogP contribution in [0.3, 0.4) is 0 Å². The van der Waals surface area contributed by atoms with E-state index in [9.17, 15) is 0 Å². The molecular formula is C10H11N3O. The van der Waals surface area contributed by atoms with Gasteiger partial charge in [0.25, 0.3) is 0 Å². The Morgan fingerprint density at radius 2 is 2.29 bits per heavy atom. The lowest BCUT2D eigenvalue weighted by atomic mass is 10.3. The van der Waals surface area contributed by atoms with E-state index in [-0.39, 0.29) is 0 Å². The summed E-state index contributed by atoms with van der Waals surface area (Å²) in [6.45, 7) is 2.02. The Labute approximate surface area is 81.8 Å². The van der Waals surface area contributed by atoms with Crippen molar-refractivity contribution in [2.45, 2.75) is 13.3 Å². The summed E-state index contributed by atoms with van der Waals surface area (Å²) in [5, 5.41) is 0. The molecule has 4 heteroatoms. The van der Waals surface area contributed by atoms with Crippen LogP contribution in [-0.4, -0.2) is 9.97 Å². The predicted octanol–water partition coefficient (Wildman–Crippen LogP) is 1.88. The molecule has 0 amide bonds. The molecule has 2 heterocycles. The number of aryl methyl sites for hydroxylation is 1. The van der Waals surface area contributed by atoms with E-state index in [1.165, 1.54) is 0 Å². The number of rotatable bonds is 2. The molecule has 0 aliphatic heterocycles. The summed E-state index contributed by atoms with van der Waals surface area (Å²) in [6, 6.07) is 5.38. The zero-order chi connectivity index (χ0) is 9.97. The van der Waals surface area contributed by atoms with Crippen molar-refractivity contribution in [1.29, 1.82) is 0 Å². The van der Waals surface area contributed by atoms with Crippen molar-refractivity contribution < 1.29 is 4.42 Å². The predicted molar refractivity (Wildman–Crippen MR) is 53.5 cm³/mol. The molecule has 0 spiro atoms. The van der Waals surface area contributed by atoms with Gasteiger partial charge in [-0.25, -0.2) is 9.97 Å². The second-order valence-corrected chi connectivity index (χ2v) is 2.94. The van der Waals surface area contributed by atoms with E-state index in [1.54, 1.807) is 18.4 Å². The normalized spacial score (nSPS) is 10.4. The van der Waals surface area contributed by atoms with Gasteiger partial charge >= 0.3 is 0 Å². The number of nitrogen functional groups attached to an aromatic ring is 1. The topological polar surface area (TPSA) is 64.9 Å². The van der Waals surface area contributed by atoms with Crippen molar-refractivity contribution in [3.8, 4) is 11.6 Å². The molecule has 0 atom stereocenters. The van der Waals surface area contributed by atoms with Crippen LogP contribution in [0.15, 0.2) is 28.9 Å². The summed E-state index contributed by atoms with van der Waals surface area (Å²) in [7, 11) is 0. The van der Waals surface area contributed by atoms with E-state index >= 15 is 0 Å². The second kappa shape index (κ2) is 3.49. The van der Waals surface area contributed by atoms with Gasteiger partial charge in [0.15, 0.2) is 11.6 Å². The van der Waals surface area contributed by atoms with Crippen LogP contribution in [0.2, 0.25) is 0 Å². The smallest absolute Gasteiger partial charge is 0.197 e. The maximum absolute atomic E-state index is 5.65. The van der Waals surface area contributed by atoms with Crippen LogP contribution >= 0.6 is 0 Å². The Kier molecular flexibility index (Phi) is 2.18. The average Bonchev–Trinajstić information content (AvgIpc) is 2.69. The Bertz CT molecular complexity index is 423. The van der Waals surface area contributed by atoms with Crippen LogP contribution in [0.1, 0.15) is 12.6 Å². The zero-order valence-corrected chi connectivity index (χ0v) is 7.90. The molecule has 2 aromatic heterocycles. The monoisotopic (exact) mass is 189 g/mol. The average molecular weight is 189 g/mol. The molecule has 4 nitrogen and oxygen atoms in total. The number of aromatic nitrogens is 2. The van der Waals surface area contributed by atoms with Gasteiger partial charge in [-0.15, -0.1) is 0 Å². The molecule has 0 saturated heterocycles. The maximum Gasteiger partial charge on any atom is 0.197 e. The molecule has 72 valence electrons. The van der Waals surface area contributed by atoms with Gasteiger partial charge < -0.3 is 10.2 Å². The fraction of sp³-hybridized carbons (Fsp3) is 0.200. The minimum Gasteiger partial charge on any atom is -0.461 e. The largest absolute Gasteiger partial charge is 0.461 e. The molecule has 0 bridgehead atoms. The summed E-state index contributed by atoms with van der Waals surface area (Å²) in [4.78, 5) is 8.41. The highest BCUT2D eigenvalue weighted by molar-refractivity contribution is 5.49. The molecule has 2 N–H and O–H groups in total. The summed E-state index contributed by atoms with van der Waals surface area (Å²) in [5.41, 5.74) is 6.57. The van der Waals surface area contributed by atoms with Crippen LogP contribution in [0.5, 0.6) is 0 Å². The summed E-state index contributed by atoms with van der Waals surface area (Å²) >= 11 is 0. The SMILES string of the molecule is CCc1cc(N)nc(-c2ccco2)n1. The molecule has 0 aromatic carbocycles. The molecule has 2 aromatic rings. The summed E-state index contributed by atoms with van der Waals surface area (Å²) in [6.07, 6.45) is 2.42. The third-order valence-electron chi connectivity index (χ3n) is 1.90. The van der Waals surface area contributed by atoms with Gasteiger partial charge in [-0.1, -0.05) is 6.92 Å². The molecular weight excluding hydrogens is 178 g/mol. The van der Waals surface area contributed by atoms with Gasteiger partial charge in [0.2, 0.25) is 0 Å². The minimum atomic E-state index is 0.475. The highest BCUT2D eigenvalue weighted by atomic mass is 16.3. The lowest BCUT2D eigenvalue weighted by Crippen LogP contribution is -1.98. The van der Waals surface area contributed by atoms with Crippen LogP contribution in [0.4, 0.5) is 5.82 Å². The van der Waals surface area contributed by atoms with E-state index in [0.29, 0.717) is 17.4 Å². The highest BCUT2D eigenvalue weighted by Crippen LogP contribution is 2.17.